The van der Waals surface area contributed by atoms with E-state index in [2.05, 4.69) is 10.2 Å². The van der Waals surface area contributed by atoms with Crippen LogP contribution in [0.3, 0.4) is 0 Å². The van der Waals surface area contributed by atoms with Crippen molar-refractivity contribution in [3.05, 3.63) is 0 Å². The van der Waals surface area contributed by atoms with Crippen molar-refractivity contribution >= 4 is 5.91 Å². The van der Waals surface area contributed by atoms with Gasteiger partial charge < -0.3 is 15.0 Å². The summed E-state index contributed by atoms with van der Waals surface area (Å²) in [4.78, 5) is 14.5. The van der Waals surface area contributed by atoms with Gasteiger partial charge in [0, 0.05) is 19.6 Å². The van der Waals surface area contributed by atoms with Crippen LogP contribution >= 0.6 is 0 Å². The summed E-state index contributed by atoms with van der Waals surface area (Å²) in [6, 6.07) is -0.0948. The number of piperidine rings is 1. The van der Waals surface area contributed by atoms with Gasteiger partial charge in [-0.05, 0) is 31.1 Å². The molecule has 2 heterocycles. The van der Waals surface area contributed by atoms with Crippen LogP contribution in [0.5, 0.6) is 0 Å². The maximum absolute atomic E-state index is 12.4. The highest BCUT2D eigenvalue weighted by Gasteiger charge is 2.35. The van der Waals surface area contributed by atoms with Gasteiger partial charge in [-0.25, -0.2) is 0 Å². The van der Waals surface area contributed by atoms with Crippen molar-refractivity contribution in [3.8, 4) is 0 Å². The van der Waals surface area contributed by atoms with Crippen molar-refractivity contribution in [2.45, 2.75) is 31.7 Å². The van der Waals surface area contributed by atoms with Crippen molar-refractivity contribution in [1.29, 1.82) is 0 Å². The molecule has 3 unspecified atom stereocenters. The molecule has 3 atom stereocenters. The molecule has 0 radical (unpaired) electrons. The van der Waals surface area contributed by atoms with Crippen molar-refractivity contribution < 1.29 is 9.53 Å². The predicted molar refractivity (Wildman–Crippen MR) is 64.6 cm³/mol. The van der Waals surface area contributed by atoms with E-state index in [9.17, 15) is 4.79 Å². The van der Waals surface area contributed by atoms with E-state index in [1.807, 2.05) is 0 Å². The van der Waals surface area contributed by atoms with Crippen LogP contribution in [0.2, 0.25) is 0 Å². The first-order valence-electron chi connectivity index (χ1n) is 6.93. The molecule has 0 aromatic heterocycles. The molecular formula is C13H22N2O2. The Morgan fingerprint density at radius 2 is 2.00 bits per heavy atom. The standard InChI is InChI=1S/C13H22N2O2/c16-13(12-9-17-5-4-14-12)15-7-10-2-1-3-11(6-10)8-15/h10-12,14H,1-9H2. The van der Waals surface area contributed by atoms with Crippen LogP contribution in [0.15, 0.2) is 0 Å². The minimum atomic E-state index is -0.0948. The van der Waals surface area contributed by atoms with Crippen molar-refractivity contribution in [2.24, 2.45) is 11.8 Å². The zero-order chi connectivity index (χ0) is 11.7. The van der Waals surface area contributed by atoms with Crippen LogP contribution in [0.1, 0.15) is 25.7 Å². The van der Waals surface area contributed by atoms with E-state index < -0.39 is 0 Å². The van der Waals surface area contributed by atoms with Crippen LogP contribution in [0, 0.1) is 11.8 Å². The number of ether oxygens (including phenoxy) is 1. The van der Waals surface area contributed by atoms with Crippen molar-refractivity contribution in [1.82, 2.24) is 10.2 Å². The van der Waals surface area contributed by atoms with E-state index in [-0.39, 0.29) is 11.9 Å². The third-order valence-electron chi connectivity index (χ3n) is 4.38. The topological polar surface area (TPSA) is 41.6 Å². The van der Waals surface area contributed by atoms with Crippen LogP contribution < -0.4 is 5.32 Å². The highest BCUT2D eigenvalue weighted by atomic mass is 16.5. The summed E-state index contributed by atoms with van der Waals surface area (Å²) in [7, 11) is 0. The van der Waals surface area contributed by atoms with Gasteiger partial charge in [0.05, 0.1) is 13.2 Å². The number of morpholine rings is 1. The quantitative estimate of drug-likeness (QED) is 0.728. The van der Waals surface area contributed by atoms with Gasteiger partial charge >= 0.3 is 0 Å². The normalized spacial score (nSPS) is 37.9. The van der Waals surface area contributed by atoms with Gasteiger partial charge in [0.15, 0.2) is 0 Å². The Morgan fingerprint density at radius 1 is 1.24 bits per heavy atom. The maximum atomic E-state index is 12.4. The van der Waals surface area contributed by atoms with Gasteiger partial charge in [-0.3, -0.25) is 4.79 Å². The minimum absolute atomic E-state index is 0.0948. The lowest BCUT2D eigenvalue weighted by atomic mass is 9.78. The molecule has 1 aliphatic carbocycles. The summed E-state index contributed by atoms with van der Waals surface area (Å²) in [6.45, 7) is 4.04. The van der Waals surface area contributed by atoms with Crippen molar-refractivity contribution in [2.75, 3.05) is 32.8 Å². The molecule has 96 valence electrons. The number of amides is 1. The van der Waals surface area contributed by atoms with E-state index in [0.29, 0.717) is 6.61 Å². The van der Waals surface area contributed by atoms with E-state index in [4.69, 9.17) is 4.74 Å². The summed E-state index contributed by atoms with van der Waals surface area (Å²) in [5, 5.41) is 3.27. The smallest absolute Gasteiger partial charge is 0.242 e. The Morgan fingerprint density at radius 3 is 2.65 bits per heavy atom. The lowest BCUT2D eigenvalue weighted by Crippen LogP contribution is -2.56. The maximum Gasteiger partial charge on any atom is 0.242 e. The second-order valence-electron chi connectivity index (χ2n) is 5.72. The highest BCUT2D eigenvalue weighted by Crippen LogP contribution is 2.34. The summed E-state index contributed by atoms with van der Waals surface area (Å²) in [6.07, 6.45) is 5.34. The molecule has 1 amide bonds. The van der Waals surface area contributed by atoms with Gasteiger partial charge in [-0.1, -0.05) is 6.42 Å². The molecule has 4 nitrogen and oxygen atoms in total. The molecular weight excluding hydrogens is 216 g/mol. The third-order valence-corrected chi connectivity index (χ3v) is 4.38. The van der Waals surface area contributed by atoms with Crippen LogP contribution in [0.25, 0.3) is 0 Å². The number of hydrogen-bond acceptors (Lipinski definition) is 3. The Hall–Kier alpha value is -0.610. The Bertz CT molecular complexity index is 277. The molecule has 3 rings (SSSR count). The number of nitrogens with one attached hydrogen (secondary N) is 1. The SMILES string of the molecule is O=C(C1COCCN1)N1CC2CCCC(C2)C1. The average molecular weight is 238 g/mol. The fraction of sp³-hybridized carbons (Fsp3) is 0.923. The Labute approximate surface area is 103 Å². The van der Waals surface area contributed by atoms with Crippen LogP contribution in [-0.4, -0.2) is 49.7 Å². The van der Waals surface area contributed by atoms with Crippen LogP contribution in [0.4, 0.5) is 0 Å². The predicted octanol–water partition coefficient (Wildman–Crippen LogP) is 0.623. The highest BCUT2D eigenvalue weighted by molar-refractivity contribution is 5.82. The lowest BCUT2D eigenvalue weighted by molar-refractivity contribution is -0.140. The molecule has 2 bridgehead atoms. The fourth-order valence-electron chi connectivity index (χ4n) is 3.56. The molecule has 0 aromatic carbocycles. The van der Waals surface area contributed by atoms with Gasteiger partial charge in [0.25, 0.3) is 0 Å². The Balaban J connectivity index is 1.61. The molecule has 1 saturated carbocycles. The molecule has 2 aliphatic heterocycles. The second kappa shape index (κ2) is 4.94. The van der Waals surface area contributed by atoms with E-state index in [1.165, 1.54) is 25.7 Å². The van der Waals surface area contributed by atoms with Crippen molar-refractivity contribution in [3.63, 3.8) is 0 Å². The summed E-state index contributed by atoms with van der Waals surface area (Å²) < 4.78 is 5.38. The largest absolute Gasteiger partial charge is 0.378 e. The number of fused-ring (bicyclic) bond motifs is 2. The third kappa shape index (κ3) is 2.47. The second-order valence-corrected chi connectivity index (χ2v) is 5.72. The molecule has 17 heavy (non-hydrogen) atoms. The monoisotopic (exact) mass is 238 g/mol. The van der Waals surface area contributed by atoms with Crippen LogP contribution in [-0.2, 0) is 9.53 Å². The Kier molecular flexibility index (Phi) is 3.34. The van der Waals surface area contributed by atoms with Gasteiger partial charge in [0.2, 0.25) is 5.91 Å². The van der Waals surface area contributed by atoms with Gasteiger partial charge in [-0.2, -0.15) is 0 Å². The number of nitrogens with zero attached hydrogens (tertiary/aromatic N) is 1. The molecule has 3 fully saturated rings. The summed E-state index contributed by atoms with van der Waals surface area (Å²) in [5.74, 6) is 1.79. The number of carbonyl (C=O) groups excluding carboxylic acids is 1. The number of likely N-dealkylation sites (tertiary alicyclic amines) is 1. The first-order valence-corrected chi connectivity index (χ1v) is 6.93. The molecule has 4 heteroatoms. The van der Waals surface area contributed by atoms with Gasteiger partial charge in [0.1, 0.15) is 6.04 Å². The van der Waals surface area contributed by atoms with Gasteiger partial charge in [-0.15, -0.1) is 0 Å². The van der Waals surface area contributed by atoms with E-state index in [1.54, 1.807) is 0 Å². The zero-order valence-electron chi connectivity index (χ0n) is 10.4. The first-order chi connectivity index (χ1) is 8.33. The molecule has 0 aromatic rings. The van der Waals surface area contributed by atoms with E-state index >= 15 is 0 Å². The summed E-state index contributed by atoms with van der Waals surface area (Å²) in [5.41, 5.74) is 0. The average Bonchev–Trinajstić information content (AvgIpc) is 2.38. The molecule has 2 saturated heterocycles. The fourth-order valence-corrected chi connectivity index (χ4v) is 3.56. The molecule has 1 N–H and O–H groups in total. The lowest BCUT2D eigenvalue weighted by Gasteiger charge is -2.42. The zero-order valence-corrected chi connectivity index (χ0v) is 10.4. The number of carbonyl (C=O) groups is 1. The number of rotatable bonds is 1. The molecule has 0 spiro atoms. The summed E-state index contributed by atoms with van der Waals surface area (Å²) >= 11 is 0. The number of hydrogen-bond donors (Lipinski definition) is 1. The molecule has 3 aliphatic rings. The minimum Gasteiger partial charge on any atom is -0.378 e. The first kappa shape index (κ1) is 11.5. The van der Waals surface area contributed by atoms with E-state index in [0.717, 1.165) is 38.1 Å².